The Balaban J connectivity index is 1.11. The smallest absolute Gasteiger partial charge is 0.149 e. The molecule has 1 N–H and O–H groups in total. The van der Waals surface area contributed by atoms with Crippen molar-refractivity contribution < 1.29 is 4.42 Å². The van der Waals surface area contributed by atoms with E-state index in [1.807, 2.05) is 54.9 Å². The van der Waals surface area contributed by atoms with Gasteiger partial charge in [0.15, 0.2) is 0 Å². The fourth-order valence-corrected chi connectivity index (χ4v) is 7.60. The second-order valence-corrected chi connectivity index (χ2v) is 14.7. The standard InChI is InChI=1S/C51H47N5O/c1-3-37-26-28-43(55-48(37)46-21-13-14-32-53-46)29-31-45-44-30-27-42(39-17-9-5-10-18-39)33-47(44)57-49(45)35(2)38-22-24-40(25-23-38)50(52)56-51(41-19-11-6-12-20-41)54-34-36-15-7-4-8-16-36/h3,5-7,9,11-12,15-17,19,21-22,24,26-34,41,52H,1-2,4,8,10,13-14,18,20,23,25H2/b31-29+,52-50?,54-34+,56-51-. The lowest BCUT2D eigenvalue weighted by molar-refractivity contribution is 0.598. The molecule has 3 heterocycles. The zero-order valence-corrected chi connectivity index (χ0v) is 32.3. The van der Waals surface area contributed by atoms with Crippen LogP contribution in [0.1, 0.15) is 91.6 Å². The van der Waals surface area contributed by atoms with Crippen molar-refractivity contribution in [1.82, 2.24) is 4.98 Å². The summed E-state index contributed by atoms with van der Waals surface area (Å²) in [6.45, 7) is 8.61. The summed E-state index contributed by atoms with van der Waals surface area (Å²) in [7, 11) is 0. The highest BCUT2D eigenvalue weighted by atomic mass is 16.3. The minimum Gasteiger partial charge on any atom is -0.455 e. The van der Waals surface area contributed by atoms with Crippen LogP contribution in [0.2, 0.25) is 0 Å². The van der Waals surface area contributed by atoms with Crippen molar-refractivity contribution in [2.45, 2.75) is 57.8 Å². The molecule has 8 rings (SSSR count). The van der Waals surface area contributed by atoms with E-state index in [1.165, 1.54) is 11.1 Å². The molecule has 6 nitrogen and oxygen atoms in total. The summed E-state index contributed by atoms with van der Waals surface area (Å²) in [6, 6.07) is 10.6. The number of hydrogen-bond acceptors (Lipinski definition) is 4. The maximum absolute atomic E-state index is 9.04. The average Bonchev–Trinajstić information content (AvgIpc) is 3.65. The van der Waals surface area contributed by atoms with Gasteiger partial charge in [-0.1, -0.05) is 110 Å². The van der Waals surface area contributed by atoms with Crippen LogP contribution >= 0.6 is 0 Å². The summed E-state index contributed by atoms with van der Waals surface area (Å²) in [5.74, 6) is 1.66. The van der Waals surface area contributed by atoms with Crippen molar-refractivity contribution >= 4 is 70.1 Å². The fraction of sp³-hybridized carbons (Fsp3) is 0.196. The van der Waals surface area contributed by atoms with E-state index in [0.717, 1.165) is 112 Å². The molecule has 3 aromatic rings. The first-order valence-corrected chi connectivity index (χ1v) is 20.0. The van der Waals surface area contributed by atoms with E-state index in [4.69, 9.17) is 24.8 Å². The third-order valence-electron chi connectivity index (χ3n) is 10.8. The van der Waals surface area contributed by atoms with Crippen molar-refractivity contribution in [3.05, 3.63) is 173 Å². The quantitative estimate of drug-likeness (QED) is 0.165. The first-order valence-electron chi connectivity index (χ1n) is 20.0. The van der Waals surface area contributed by atoms with E-state index in [9.17, 15) is 0 Å². The number of fused-ring (bicyclic) bond motifs is 1. The van der Waals surface area contributed by atoms with Crippen molar-refractivity contribution in [3.8, 4) is 0 Å². The SMILES string of the molecule is C=Cc1ccc(/C=C/c2c(C(=C)C3=CC=C(C(=N)/N=C(\N=C\C4=CCCC=C4)C4C=CC=CC4)CC3)oc3cc(C4=CC=CCC4)ccc23)nc1C1=CCCC=N1. The summed E-state index contributed by atoms with van der Waals surface area (Å²) in [6.07, 6.45) is 45.5. The predicted octanol–water partition coefficient (Wildman–Crippen LogP) is 13.1. The molecule has 0 spiro atoms. The topological polar surface area (TPSA) is 87.0 Å². The molecular weight excluding hydrogens is 699 g/mol. The second kappa shape index (κ2) is 17.5. The maximum atomic E-state index is 9.04. The van der Waals surface area contributed by atoms with Crippen LogP contribution in [0.5, 0.6) is 0 Å². The van der Waals surface area contributed by atoms with Crippen LogP contribution in [0.15, 0.2) is 159 Å². The lowest BCUT2D eigenvalue weighted by Crippen LogP contribution is -2.15. The monoisotopic (exact) mass is 745 g/mol. The van der Waals surface area contributed by atoms with Gasteiger partial charge in [0.25, 0.3) is 0 Å². The number of aliphatic imine (C=N–C) groups is 3. The Morgan fingerprint density at radius 3 is 2.53 bits per heavy atom. The second-order valence-electron chi connectivity index (χ2n) is 14.7. The van der Waals surface area contributed by atoms with Gasteiger partial charge in [-0.3, -0.25) is 10.4 Å². The van der Waals surface area contributed by atoms with Gasteiger partial charge in [0.1, 0.15) is 23.0 Å². The van der Waals surface area contributed by atoms with E-state index in [0.29, 0.717) is 18.7 Å². The van der Waals surface area contributed by atoms with Gasteiger partial charge in [-0.2, -0.15) is 0 Å². The summed E-state index contributed by atoms with van der Waals surface area (Å²) >= 11 is 0. The van der Waals surface area contributed by atoms with Crippen LogP contribution < -0.4 is 0 Å². The Labute approximate surface area is 335 Å². The predicted molar refractivity (Wildman–Crippen MR) is 242 cm³/mol. The molecule has 1 unspecified atom stereocenters. The maximum Gasteiger partial charge on any atom is 0.149 e. The lowest BCUT2D eigenvalue weighted by atomic mass is 9.90. The molecule has 0 radical (unpaired) electrons. The number of nitrogens with one attached hydrogen (secondary N) is 1. The van der Waals surface area contributed by atoms with E-state index in [-0.39, 0.29) is 11.8 Å². The van der Waals surface area contributed by atoms with Crippen LogP contribution in [0.25, 0.3) is 46.0 Å². The summed E-state index contributed by atoms with van der Waals surface area (Å²) in [5, 5.41) is 10.1. The minimum absolute atomic E-state index is 0.0281. The number of rotatable bonds is 10. The van der Waals surface area contributed by atoms with Crippen molar-refractivity contribution in [3.63, 3.8) is 0 Å². The molecule has 57 heavy (non-hydrogen) atoms. The lowest BCUT2D eigenvalue weighted by Gasteiger charge is -2.17. The Morgan fingerprint density at radius 1 is 0.877 bits per heavy atom. The van der Waals surface area contributed by atoms with Gasteiger partial charge in [-0.25, -0.2) is 15.0 Å². The Kier molecular flexibility index (Phi) is 11.5. The van der Waals surface area contributed by atoms with E-state index in [1.54, 1.807) is 0 Å². The molecule has 0 saturated carbocycles. The van der Waals surface area contributed by atoms with Gasteiger partial charge in [0.05, 0.1) is 17.1 Å². The van der Waals surface area contributed by atoms with Crippen LogP contribution in [0.3, 0.4) is 0 Å². The largest absolute Gasteiger partial charge is 0.455 e. The fourth-order valence-electron chi connectivity index (χ4n) is 7.60. The van der Waals surface area contributed by atoms with Crippen LogP contribution in [-0.4, -0.2) is 29.1 Å². The number of aromatic nitrogens is 1. The van der Waals surface area contributed by atoms with Crippen molar-refractivity contribution in [2.24, 2.45) is 20.9 Å². The highest BCUT2D eigenvalue weighted by Crippen LogP contribution is 2.39. The Bertz CT molecular complexity index is 2540. The summed E-state index contributed by atoms with van der Waals surface area (Å²) in [5.41, 5.74) is 11.6. The number of allylic oxidation sites excluding steroid dienone is 16. The van der Waals surface area contributed by atoms with Crippen LogP contribution in [0, 0.1) is 11.3 Å². The molecule has 0 amide bonds. The van der Waals surface area contributed by atoms with Gasteiger partial charge in [0.2, 0.25) is 0 Å². The third-order valence-corrected chi connectivity index (χ3v) is 10.8. The normalized spacial score (nSPS) is 19.5. The molecule has 5 aliphatic rings. The highest BCUT2D eigenvalue weighted by Gasteiger charge is 2.22. The van der Waals surface area contributed by atoms with E-state index < -0.39 is 0 Å². The van der Waals surface area contributed by atoms with Gasteiger partial charge in [-0.15, -0.1) is 0 Å². The Hall–Kier alpha value is -6.53. The minimum atomic E-state index is 0.0281. The molecule has 1 aromatic carbocycles. The first-order chi connectivity index (χ1) is 28.0. The zero-order valence-electron chi connectivity index (χ0n) is 32.3. The first kappa shape index (κ1) is 37.4. The van der Waals surface area contributed by atoms with Gasteiger partial charge in [0, 0.05) is 40.4 Å². The van der Waals surface area contributed by atoms with Crippen molar-refractivity contribution in [2.75, 3.05) is 0 Å². The number of pyridine rings is 1. The Morgan fingerprint density at radius 2 is 1.77 bits per heavy atom. The third kappa shape index (κ3) is 8.66. The number of furan rings is 1. The molecule has 282 valence electrons. The molecule has 2 aromatic heterocycles. The number of benzene rings is 1. The van der Waals surface area contributed by atoms with E-state index >= 15 is 0 Å². The molecule has 6 heteroatoms. The molecule has 0 saturated heterocycles. The van der Waals surface area contributed by atoms with E-state index in [2.05, 4.69) is 103 Å². The average molecular weight is 746 g/mol. The molecule has 0 fully saturated rings. The molecule has 4 aliphatic carbocycles. The van der Waals surface area contributed by atoms with Gasteiger partial charge < -0.3 is 4.42 Å². The number of amidine groups is 2. The molecule has 0 bridgehead atoms. The number of nitrogens with zero attached hydrogens (tertiary/aromatic N) is 4. The molecule has 1 aliphatic heterocycles. The zero-order chi connectivity index (χ0) is 39.0. The van der Waals surface area contributed by atoms with Gasteiger partial charge >= 0.3 is 0 Å². The van der Waals surface area contributed by atoms with Crippen molar-refractivity contribution in [1.29, 1.82) is 5.41 Å². The van der Waals surface area contributed by atoms with Crippen LogP contribution in [-0.2, 0) is 0 Å². The molecule has 1 atom stereocenters. The highest BCUT2D eigenvalue weighted by molar-refractivity contribution is 6.09. The summed E-state index contributed by atoms with van der Waals surface area (Å²) in [4.78, 5) is 19.3. The van der Waals surface area contributed by atoms with Gasteiger partial charge in [-0.05, 0) is 116 Å². The van der Waals surface area contributed by atoms with Crippen LogP contribution in [0.4, 0.5) is 0 Å². The molecular formula is C51H47N5O. The summed E-state index contributed by atoms with van der Waals surface area (Å²) < 4.78 is 6.74. The number of hydrogen-bond donors (Lipinski definition) is 1.